The lowest BCUT2D eigenvalue weighted by Crippen LogP contribution is -2.20. The van der Waals surface area contributed by atoms with E-state index in [-0.39, 0.29) is 12.5 Å². The Bertz CT molecular complexity index is 575. The van der Waals surface area contributed by atoms with Crippen LogP contribution < -0.4 is 14.8 Å². The van der Waals surface area contributed by atoms with Gasteiger partial charge in [0.25, 0.3) is 5.91 Å². The maximum atomic E-state index is 11.8. The van der Waals surface area contributed by atoms with E-state index in [0.717, 1.165) is 5.69 Å². The van der Waals surface area contributed by atoms with Crippen molar-refractivity contribution in [2.45, 2.75) is 0 Å². The van der Waals surface area contributed by atoms with Crippen LogP contribution in [0.25, 0.3) is 0 Å². The Kier molecular flexibility index (Phi) is 5.97. The quantitative estimate of drug-likeness (QED) is 0.773. The molecule has 21 heavy (non-hydrogen) atoms. The summed E-state index contributed by atoms with van der Waals surface area (Å²) < 4.78 is 11.0. The van der Waals surface area contributed by atoms with Gasteiger partial charge in [-0.1, -0.05) is 30.3 Å². The zero-order valence-electron chi connectivity index (χ0n) is 11.5. The molecule has 0 unspecified atom stereocenters. The van der Waals surface area contributed by atoms with Gasteiger partial charge in [-0.2, -0.15) is 12.6 Å². The van der Waals surface area contributed by atoms with Crippen molar-refractivity contribution in [2.75, 3.05) is 24.3 Å². The molecule has 4 nitrogen and oxygen atoms in total. The minimum Gasteiger partial charge on any atom is -0.489 e. The predicted octanol–water partition coefficient (Wildman–Crippen LogP) is 3.01. The first kappa shape index (κ1) is 15.3. The summed E-state index contributed by atoms with van der Waals surface area (Å²) in [6.07, 6.45) is 0. The molecule has 0 aliphatic carbocycles. The minimum atomic E-state index is -0.217. The number of ether oxygens (including phenoxy) is 2. The zero-order valence-corrected chi connectivity index (χ0v) is 12.4. The second-order valence-electron chi connectivity index (χ2n) is 4.22. The minimum absolute atomic E-state index is 0.0733. The summed E-state index contributed by atoms with van der Waals surface area (Å²) in [6, 6.07) is 16.5. The molecule has 110 valence electrons. The van der Waals surface area contributed by atoms with Gasteiger partial charge in [-0.05, 0) is 24.3 Å². The highest BCUT2D eigenvalue weighted by Crippen LogP contribution is 2.26. The molecule has 2 rings (SSSR count). The molecule has 0 aliphatic rings. The average Bonchev–Trinajstić information content (AvgIpc) is 2.52. The van der Waals surface area contributed by atoms with Crippen LogP contribution in [0.2, 0.25) is 0 Å². The van der Waals surface area contributed by atoms with Crippen molar-refractivity contribution < 1.29 is 14.3 Å². The third kappa shape index (κ3) is 5.04. The van der Waals surface area contributed by atoms with Gasteiger partial charge in [0, 0.05) is 11.4 Å². The maximum Gasteiger partial charge on any atom is 0.262 e. The maximum absolute atomic E-state index is 11.8. The van der Waals surface area contributed by atoms with Crippen LogP contribution in [0, 0.1) is 0 Å². The SMILES string of the molecule is O=C(COc1ccccc1OCCS)Nc1ccccc1. The molecule has 0 heterocycles. The lowest BCUT2D eigenvalue weighted by molar-refractivity contribution is -0.118. The average molecular weight is 303 g/mol. The number of para-hydroxylation sites is 3. The summed E-state index contributed by atoms with van der Waals surface area (Å²) >= 11 is 4.10. The molecule has 0 atom stereocenters. The van der Waals surface area contributed by atoms with E-state index in [9.17, 15) is 4.79 Å². The topological polar surface area (TPSA) is 47.6 Å². The van der Waals surface area contributed by atoms with Crippen molar-refractivity contribution in [2.24, 2.45) is 0 Å². The number of hydrogen-bond donors (Lipinski definition) is 2. The van der Waals surface area contributed by atoms with E-state index < -0.39 is 0 Å². The fraction of sp³-hybridized carbons (Fsp3) is 0.188. The van der Waals surface area contributed by atoms with Gasteiger partial charge in [0.15, 0.2) is 18.1 Å². The standard InChI is InChI=1S/C16H17NO3S/c18-16(17-13-6-2-1-3-7-13)12-20-15-9-5-4-8-14(15)19-10-11-21/h1-9,21H,10-12H2,(H,17,18). The van der Waals surface area contributed by atoms with Gasteiger partial charge >= 0.3 is 0 Å². The number of carbonyl (C=O) groups is 1. The van der Waals surface area contributed by atoms with Gasteiger partial charge < -0.3 is 14.8 Å². The molecule has 0 bridgehead atoms. The fourth-order valence-electron chi connectivity index (χ4n) is 1.71. The van der Waals surface area contributed by atoms with Crippen molar-refractivity contribution in [3.05, 3.63) is 54.6 Å². The van der Waals surface area contributed by atoms with E-state index >= 15 is 0 Å². The number of anilines is 1. The molecule has 0 saturated heterocycles. The van der Waals surface area contributed by atoms with E-state index in [2.05, 4.69) is 17.9 Å². The fourth-order valence-corrected chi connectivity index (χ4v) is 1.80. The molecular weight excluding hydrogens is 286 g/mol. The number of benzene rings is 2. The summed E-state index contributed by atoms with van der Waals surface area (Å²) in [4.78, 5) is 11.8. The van der Waals surface area contributed by atoms with Gasteiger partial charge in [-0.15, -0.1) is 0 Å². The molecule has 0 aromatic heterocycles. The molecule has 2 aromatic rings. The number of nitrogens with one attached hydrogen (secondary N) is 1. The molecule has 2 aromatic carbocycles. The van der Waals surface area contributed by atoms with E-state index in [1.165, 1.54) is 0 Å². The lowest BCUT2D eigenvalue weighted by Gasteiger charge is -2.12. The van der Waals surface area contributed by atoms with Gasteiger partial charge in [0.1, 0.15) is 0 Å². The van der Waals surface area contributed by atoms with Crippen LogP contribution in [0.15, 0.2) is 54.6 Å². The first-order chi connectivity index (χ1) is 10.3. The molecule has 1 N–H and O–H groups in total. The van der Waals surface area contributed by atoms with E-state index in [0.29, 0.717) is 23.9 Å². The number of thiol groups is 1. The van der Waals surface area contributed by atoms with Crippen LogP contribution in [0.1, 0.15) is 0 Å². The Labute approximate surface area is 129 Å². The number of hydrogen-bond acceptors (Lipinski definition) is 4. The number of rotatable bonds is 7. The van der Waals surface area contributed by atoms with Crippen molar-refractivity contribution in [1.29, 1.82) is 0 Å². The molecule has 5 heteroatoms. The Morgan fingerprint density at radius 1 is 0.952 bits per heavy atom. The Morgan fingerprint density at radius 3 is 2.24 bits per heavy atom. The molecule has 0 aliphatic heterocycles. The van der Waals surface area contributed by atoms with Crippen LogP contribution in [0.5, 0.6) is 11.5 Å². The molecule has 1 amide bonds. The summed E-state index contributed by atoms with van der Waals surface area (Å²) in [5.74, 6) is 1.55. The van der Waals surface area contributed by atoms with Crippen LogP contribution in [-0.2, 0) is 4.79 Å². The van der Waals surface area contributed by atoms with Crippen LogP contribution >= 0.6 is 12.6 Å². The van der Waals surface area contributed by atoms with Gasteiger partial charge in [-0.25, -0.2) is 0 Å². The monoisotopic (exact) mass is 303 g/mol. The first-order valence-corrected chi connectivity index (χ1v) is 7.23. The third-order valence-electron chi connectivity index (χ3n) is 2.61. The van der Waals surface area contributed by atoms with E-state index in [1.807, 2.05) is 42.5 Å². The lowest BCUT2D eigenvalue weighted by atomic mass is 10.3. The van der Waals surface area contributed by atoms with Crippen molar-refractivity contribution >= 4 is 24.2 Å². The van der Waals surface area contributed by atoms with Crippen molar-refractivity contribution in [3.63, 3.8) is 0 Å². The Morgan fingerprint density at radius 2 is 1.57 bits per heavy atom. The number of carbonyl (C=O) groups excluding carboxylic acids is 1. The highest BCUT2D eigenvalue weighted by atomic mass is 32.1. The van der Waals surface area contributed by atoms with Crippen molar-refractivity contribution in [3.8, 4) is 11.5 Å². The first-order valence-electron chi connectivity index (χ1n) is 6.60. The van der Waals surface area contributed by atoms with Crippen LogP contribution in [0.3, 0.4) is 0 Å². The molecule has 0 radical (unpaired) electrons. The summed E-state index contributed by atoms with van der Waals surface area (Å²) in [5, 5.41) is 2.76. The smallest absolute Gasteiger partial charge is 0.262 e. The summed E-state index contributed by atoms with van der Waals surface area (Å²) in [5.41, 5.74) is 0.741. The highest BCUT2D eigenvalue weighted by molar-refractivity contribution is 7.80. The number of amides is 1. The normalized spacial score (nSPS) is 9.95. The summed E-state index contributed by atoms with van der Waals surface area (Å²) in [7, 11) is 0. The van der Waals surface area contributed by atoms with E-state index in [1.54, 1.807) is 12.1 Å². The second-order valence-corrected chi connectivity index (χ2v) is 4.67. The van der Waals surface area contributed by atoms with Gasteiger partial charge in [-0.3, -0.25) is 4.79 Å². The highest BCUT2D eigenvalue weighted by Gasteiger charge is 2.07. The second kappa shape index (κ2) is 8.21. The Balaban J connectivity index is 1.89. The van der Waals surface area contributed by atoms with Crippen molar-refractivity contribution in [1.82, 2.24) is 0 Å². The molecule has 0 saturated carbocycles. The van der Waals surface area contributed by atoms with E-state index in [4.69, 9.17) is 9.47 Å². The predicted molar refractivity (Wildman–Crippen MR) is 86.4 cm³/mol. The van der Waals surface area contributed by atoms with Crippen LogP contribution in [0.4, 0.5) is 5.69 Å². The zero-order chi connectivity index (χ0) is 14.9. The largest absolute Gasteiger partial charge is 0.489 e. The Hall–Kier alpha value is -2.14. The van der Waals surface area contributed by atoms with Gasteiger partial charge in [0.2, 0.25) is 0 Å². The molecule has 0 spiro atoms. The molecule has 0 fully saturated rings. The third-order valence-corrected chi connectivity index (χ3v) is 2.80. The van der Waals surface area contributed by atoms with Crippen LogP contribution in [-0.4, -0.2) is 24.9 Å². The molecular formula is C16H17NO3S. The van der Waals surface area contributed by atoms with Gasteiger partial charge in [0.05, 0.1) is 6.61 Å². The summed E-state index contributed by atoms with van der Waals surface area (Å²) in [6.45, 7) is 0.413.